The highest BCUT2D eigenvalue weighted by Gasteiger charge is 2.38. The summed E-state index contributed by atoms with van der Waals surface area (Å²) in [5.41, 5.74) is 15.3. The maximum absolute atomic E-state index is 10.6. The first kappa shape index (κ1) is 19.3. The lowest BCUT2D eigenvalue weighted by atomic mass is 10.2. The lowest BCUT2D eigenvalue weighted by Crippen LogP contribution is -2.30. The van der Waals surface area contributed by atoms with Crippen molar-refractivity contribution >= 4 is 17.9 Å². The fourth-order valence-electron chi connectivity index (χ4n) is 0.643. The summed E-state index contributed by atoms with van der Waals surface area (Å²) in [6.07, 6.45) is -4.13. The van der Waals surface area contributed by atoms with Gasteiger partial charge in [0, 0.05) is 6.54 Å². The lowest BCUT2D eigenvalue weighted by Gasteiger charge is -2.03. The van der Waals surface area contributed by atoms with Crippen molar-refractivity contribution < 1.29 is 33.0 Å². The Labute approximate surface area is 106 Å². The summed E-state index contributed by atoms with van der Waals surface area (Å²) >= 11 is 0. The summed E-state index contributed by atoms with van der Waals surface area (Å²) in [5, 5.41) is 15.5. The molecule has 11 heteroatoms. The smallest absolute Gasteiger partial charge is 0.480 e. The van der Waals surface area contributed by atoms with Crippen LogP contribution >= 0.6 is 0 Å². The zero-order valence-corrected chi connectivity index (χ0v) is 9.72. The molecule has 0 aromatic heterocycles. The van der Waals surface area contributed by atoms with Crippen molar-refractivity contribution in [2.24, 2.45) is 22.2 Å². The van der Waals surface area contributed by atoms with E-state index in [1.165, 1.54) is 0 Å². The number of hydrogen-bond donors (Lipinski definition) is 5. The molecule has 0 unspecified atom stereocenters. The van der Waals surface area contributed by atoms with Crippen LogP contribution in [0.4, 0.5) is 13.2 Å². The van der Waals surface area contributed by atoms with Crippen molar-refractivity contribution in [2.45, 2.75) is 25.1 Å². The normalized spacial score (nSPS) is 11.8. The first-order chi connectivity index (χ1) is 8.48. The number of aliphatic imine (C=N–C) groups is 1. The van der Waals surface area contributed by atoms with E-state index in [-0.39, 0.29) is 5.96 Å². The van der Waals surface area contributed by atoms with E-state index in [9.17, 15) is 18.0 Å². The van der Waals surface area contributed by atoms with Crippen LogP contribution in [0.5, 0.6) is 0 Å². The van der Waals surface area contributed by atoms with E-state index in [1.807, 2.05) is 0 Å². The van der Waals surface area contributed by atoms with Gasteiger partial charge in [0.2, 0.25) is 0 Å². The van der Waals surface area contributed by atoms with Gasteiger partial charge in [-0.05, 0) is 12.8 Å². The molecule has 8 nitrogen and oxygen atoms in total. The van der Waals surface area contributed by atoms with Crippen LogP contribution in [0, 0.1) is 0 Å². The number of halogens is 3. The van der Waals surface area contributed by atoms with Gasteiger partial charge in [0.25, 0.3) is 0 Å². The van der Waals surface area contributed by atoms with Crippen LogP contribution in [0.2, 0.25) is 0 Å². The molecule has 0 bridgehead atoms. The second-order valence-corrected chi connectivity index (χ2v) is 3.20. The van der Waals surface area contributed by atoms with Crippen LogP contribution in [-0.4, -0.2) is 46.9 Å². The van der Waals surface area contributed by atoms with Crippen molar-refractivity contribution in [1.82, 2.24) is 0 Å². The average Bonchev–Trinajstić information content (AvgIpc) is 2.23. The number of carbonyl (C=O) groups is 2. The minimum Gasteiger partial charge on any atom is -0.480 e. The number of guanidine groups is 1. The number of carboxylic acid groups (broad SMARTS) is 2. The predicted molar refractivity (Wildman–Crippen MR) is 59.2 cm³/mol. The second kappa shape index (κ2) is 8.97. The summed E-state index contributed by atoms with van der Waals surface area (Å²) in [6, 6.07) is -0.820. The van der Waals surface area contributed by atoms with E-state index >= 15 is 0 Å². The Morgan fingerprint density at radius 1 is 1.21 bits per heavy atom. The molecule has 0 aliphatic heterocycles. The third-order valence-corrected chi connectivity index (χ3v) is 1.53. The molecule has 0 radical (unpaired) electrons. The van der Waals surface area contributed by atoms with E-state index < -0.39 is 24.2 Å². The molecule has 0 aliphatic carbocycles. The van der Waals surface area contributed by atoms with Gasteiger partial charge in [0.15, 0.2) is 5.96 Å². The molecule has 0 saturated heterocycles. The zero-order chi connectivity index (χ0) is 15.6. The molecular weight excluding hydrogens is 273 g/mol. The molecule has 0 spiro atoms. The summed E-state index contributed by atoms with van der Waals surface area (Å²) in [7, 11) is 0. The number of nitrogens with zero attached hydrogens (tertiary/aromatic N) is 1. The molecule has 8 N–H and O–H groups in total. The van der Waals surface area contributed by atoms with Gasteiger partial charge in [-0.1, -0.05) is 0 Å². The summed E-state index contributed by atoms with van der Waals surface area (Å²) in [4.78, 5) is 22.8. The minimum absolute atomic E-state index is 0.0129. The first-order valence-electron chi connectivity index (χ1n) is 4.82. The molecule has 112 valence electrons. The largest absolute Gasteiger partial charge is 0.490 e. The SMILES string of the molecule is NC(N)=NCCC[C@H](N)C(=O)O.O=C(O)C(F)(F)F. The molecule has 1 atom stereocenters. The Morgan fingerprint density at radius 2 is 1.63 bits per heavy atom. The van der Waals surface area contributed by atoms with E-state index in [0.717, 1.165) is 0 Å². The Bertz CT molecular complexity index is 328. The summed E-state index contributed by atoms with van der Waals surface area (Å²) < 4.78 is 31.7. The highest BCUT2D eigenvalue weighted by molar-refractivity contribution is 5.75. The van der Waals surface area contributed by atoms with Gasteiger partial charge >= 0.3 is 18.1 Å². The van der Waals surface area contributed by atoms with Gasteiger partial charge in [0.1, 0.15) is 6.04 Å². The third kappa shape index (κ3) is 13.9. The molecule has 19 heavy (non-hydrogen) atoms. The molecule has 0 rings (SSSR count). The summed E-state index contributed by atoms with van der Waals surface area (Å²) in [6.45, 7) is 0.420. The highest BCUT2D eigenvalue weighted by atomic mass is 19.4. The molecule has 0 aromatic carbocycles. The van der Waals surface area contributed by atoms with E-state index in [2.05, 4.69) is 4.99 Å². The zero-order valence-electron chi connectivity index (χ0n) is 9.72. The van der Waals surface area contributed by atoms with Gasteiger partial charge in [-0.2, -0.15) is 13.2 Å². The number of rotatable bonds is 5. The molecule has 0 fully saturated rings. The second-order valence-electron chi connectivity index (χ2n) is 3.20. The van der Waals surface area contributed by atoms with E-state index in [4.69, 9.17) is 32.2 Å². The molecule has 0 aliphatic rings. The Hall–Kier alpha value is -2.04. The minimum atomic E-state index is -5.08. The van der Waals surface area contributed by atoms with Crippen LogP contribution in [0.25, 0.3) is 0 Å². The van der Waals surface area contributed by atoms with E-state index in [1.54, 1.807) is 0 Å². The molecule has 0 aromatic rings. The van der Waals surface area contributed by atoms with Crippen molar-refractivity contribution in [3.05, 3.63) is 0 Å². The average molecular weight is 288 g/mol. The summed E-state index contributed by atoms with van der Waals surface area (Å²) in [5.74, 6) is -3.74. The topological polar surface area (TPSA) is 165 Å². The van der Waals surface area contributed by atoms with Crippen LogP contribution in [-0.2, 0) is 9.59 Å². The molecule has 0 saturated carbocycles. The van der Waals surface area contributed by atoms with Crippen molar-refractivity contribution in [3.63, 3.8) is 0 Å². The maximum Gasteiger partial charge on any atom is 0.490 e. The Morgan fingerprint density at radius 3 is 1.89 bits per heavy atom. The fourth-order valence-corrected chi connectivity index (χ4v) is 0.643. The van der Waals surface area contributed by atoms with Crippen LogP contribution in [0.15, 0.2) is 4.99 Å². The van der Waals surface area contributed by atoms with Gasteiger partial charge in [0.05, 0.1) is 0 Å². The third-order valence-electron chi connectivity index (χ3n) is 1.53. The molecular formula is C8H15F3N4O4. The fraction of sp³-hybridized carbons (Fsp3) is 0.625. The first-order valence-corrected chi connectivity index (χ1v) is 4.82. The monoisotopic (exact) mass is 288 g/mol. The van der Waals surface area contributed by atoms with Crippen molar-refractivity contribution in [3.8, 4) is 0 Å². The highest BCUT2D eigenvalue weighted by Crippen LogP contribution is 2.13. The molecule has 0 amide bonds. The van der Waals surface area contributed by atoms with Gasteiger partial charge < -0.3 is 27.4 Å². The lowest BCUT2D eigenvalue weighted by molar-refractivity contribution is -0.192. The standard InChI is InChI=1S/C6H14N4O2.C2HF3O2/c7-4(5(11)12)2-1-3-10-6(8)9;3-2(4,5)1(6)7/h4H,1-3,7H2,(H,11,12)(H4,8,9,10);(H,6,7)/t4-;/m0./s1. The van der Waals surface area contributed by atoms with Gasteiger partial charge in [-0.15, -0.1) is 0 Å². The van der Waals surface area contributed by atoms with Gasteiger partial charge in [-0.3, -0.25) is 9.79 Å². The number of nitrogens with two attached hydrogens (primary N) is 3. The molecule has 0 heterocycles. The van der Waals surface area contributed by atoms with E-state index in [0.29, 0.717) is 19.4 Å². The number of alkyl halides is 3. The van der Waals surface area contributed by atoms with Crippen LogP contribution in [0.3, 0.4) is 0 Å². The van der Waals surface area contributed by atoms with Gasteiger partial charge in [-0.25, -0.2) is 4.79 Å². The Balaban J connectivity index is 0. The van der Waals surface area contributed by atoms with Crippen LogP contribution < -0.4 is 17.2 Å². The van der Waals surface area contributed by atoms with Crippen molar-refractivity contribution in [1.29, 1.82) is 0 Å². The van der Waals surface area contributed by atoms with Crippen LogP contribution in [0.1, 0.15) is 12.8 Å². The number of carboxylic acids is 2. The maximum atomic E-state index is 10.6. The number of aliphatic carboxylic acids is 2. The number of hydrogen-bond acceptors (Lipinski definition) is 4. The predicted octanol–water partition coefficient (Wildman–Crippen LogP) is -0.915. The Kier molecular flexibility index (Phi) is 9.11. The quantitative estimate of drug-likeness (QED) is 0.248. The van der Waals surface area contributed by atoms with Crippen molar-refractivity contribution in [2.75, 3.05) is 6.54 Å².